The van der Waals surface area contributed by atoms with Gasteiger partial charge in [0.15, 0.2) is 0 Å². The maximum atomic E-state index is 11.1. The molecule has 0 fully saturated rings. The Balaban J connectivity index is 2.53. The molecule has 0 atom stereocenters. The van der Waals surface area contributed by atoms with E-state index in [4.69, 9.17) is 0 Å². The first-order chi connectivity index (χ1) is 8.40. The van der Waals surface area contributed by atoms with E-state index in [9.17, 15) is 8.42 Å². The lowest BCUT2D eigenvalue weighted by Gasteiger charge is -2.15. The van der Waals surface area contributed by atoms with Gasteiger partial charge in [0.2, 0.25) is 0 Å². The number of aromatic nitrogens is 1. The van der Waals surface area contributed by atoms with E-state index in [1.807, 2.05) is 37.1 Å². The van der Waals surface area contributed by atoms with Gasteiger partial charge in [-0.25, -0.2) is 13.4 Å². The molecule has 0 saturated carbocycles. The molecular weight excluding hydrogens is 250 g/mol. The number of hydrogen-bond donors (Lipinski definition) is 1. The van der Waals surface area contributed by atoms with Gasteiger partial charge in [0, 0.05) is 25.9 Å². The van der Waals surface area contributed by atoms with Gasteiger partial charge in [-0.3, -0.25) is 4.90 Å². The van der Waals surface area contributed by atoms with Gasteiger partial charge >= 0.3 is 0 Å². The molecule has 0 saturated heterocycles. The van der Waals surface area contributed by atoms with Crippen molar-refractivity contribution in [1.29, 1.82) is 0 Å². The first-order valence-corrected chi connectivity index (χ1v) is 8.03. The van der Waals surface area contributed by atoms with Gasteiger partial charge < -0.3 is 5.32 Å². The van der Waals surface area contributed by atoms with Crippen molar-refractivity contribution in [3.05, 3.63) is 23.9 Å². The van der Waals surface area contributed by atoms with Crippen LogP contribution in [0.5, 0.6) is 0 Å². The van der Waals surface area contributed by atoms with Crippen LogP contribution in [0.1, 0.15) is 12.6 Å². The van der Waals surface area contributed by atoms with Crippen molar-refractivity contribution in [1.82, 2.24) is 9.88 Å². The highest BCUT2D eigenvalue weighted by molar-refractivity contribution is 7.90. The second-order valence-corrected chi connectivity index (χ2v) is 6.67. The lowest BCUT2D eigenvalue weighted by Crippen LogP contribution is -2.25. The summed E-state index contributed by atoms with van der Waals surface area (Å²) in [6.45, 7) is 4.02. The number of rotatable bonds is 7. The van der Waals surface area contributed by atoms with Crippen LogP contribution in [0.3, 0.4) is 0 Å². The predicted octanol–water partition coefficient (Wildman–Crippen LogP) is 0.990. The number of nitrogens with one attached hydrogen (secondary N) is 1. The molecule has 0 aromatic carbocycles. The Morgan fingerprint density at radius 3 is 2.72 bits per heavy atom. The number of anilines is 1. The van der Waals surface area contributed by atoms with Gasteiger partial charge in [-0.1, -0.05) is 6.07 Å². The van der Waals surface area contributed by atoms with Crippen LogP contribution in [0.15, 0.2) is 18.2 Å². The molecule has 0 spiro atoms. The molecule has 6 heteroatoms. The van der Waals surface area contributed by atoms with E-state index in [0.29, 0.717) is 13.1 Å². The molecule has 0 unspecified atom stereocenters. The fraction of sp³-hybridized carbons (Fsp3) is 0.583. The van der Waals surface area contributed by atoms with E-state index < -0.39 is 9.84 Å². The monoisotopic (exact) mass is 271 g/mol. The Hall–Kier alpha value is -1.14. The molecule has 18 heavy (non-hydrogen) atoms. The normalized spacial score (nSPS) is 11.8. The smallest absolute Gasteiger partial charge is 0.148 e. The molecule has 1 aromatic heterocycles. The zero-order valence-electron chi connectivity index (χ0n) is 11.2. The molecule has 0 radical (unpaired) electrons. The third-order valence-corrected chi connectivity index (χ3v) is 3.36. The molecule has 1 rings (SSSR count). The van der Waals surface area contributed by atoms with E-state index >= 15 is 0 Å². The Morgan fingerprint density at radius 1 is 1.39 bits per heavy atom. The third-order valence-electron chi connectivity index (χ3n) is 2.44. The molecule has 1 N–H and O–H groups in total. The summed E-state index contributed by atoms with van der Waals surface area (Å²) < 4.78 is 22.2. The first-order valence-electron chi connectivity index (χ1n) is 5.97. The lowest BCUT2D eigenvalue weighted by atomic mass is 10.3. The Bertz CT molecular complexity index is 474. The zero-order valence-corrected chi connectivity index (χ0v) is 12.0. The fourth-order valence-corrected chi connectivity index (χ4v) is 2.17. The summed E-state index contributed by atoms with van der Waals surface area (Å²) in [7, 11) is -1.01. The molecule has 5 nitrogen and oxygen atoms in total. The van der Waals surface area contributed by atoms with Crippen molar-refractivity contribution in [2.75, 3.05) is 37.5 Å². The standard InChI is InChI=1S/C12H21N3O2S/c1-4-13-12-7-5-6-11(14-12)10-15(2)8-9-18(3,16)17/h5-7H,4,8-10H2,1-3H3,(H,13,14). The van der Waals surface area contributed by atoms with Crippen LogP contribution >= 0.6 is 0 Å². The first kappa shape index (κ1) is 14.9. The lowest BCUT2D eigenvalue weighted by molar-refractivity contribution is 0.342. The van der Waals surface area contributed by atoms with Crippen LogP contribution in [0.2, 0.25) is 0 Å². The molecule has 102 valence electrons. The summed E-state index contributed by atoms with van der Waals surface area (Å²) in [5.41, 5.74) is 0.935. The van der Waals surface area contributed by atoms with Crippen molar-refractivity contribution in [2.24, 2.45) is 0 Å². The SMILES string of the molecule is CCNc1cccc(CN(C)CCS(C)(=O)=O)n1. The topological polar surface area (TPSA) is 62.3 Å². The van der Waals surface area contributed by atoms with Gasteiger partial charge in [0.25, 0.3) is 0 Å². The second-order valence-electron chi connectivity index (χ2n) is 4.41. The maximum absolute atomic E-state index is 11.1. The van der Waals surface area contributed by atoms with Crippen LogP contribution in [-0.2, 0) is 16.4 Å². The molecule has 0 aliphatic heterocycles. The van der Waals surface area contributed by atoms with Crippen LogP contribution in [-0.4, -0.2) is 50.4 Å². The van der Waals surface area contributed by atoms with E-state index in [-0.39, 0.29) is 5.75 Å². The van der Waals surface area contributed by atoms with Crippen molar-refractivity contribution >= 4 is 15.7 Å². The summed E-state index contributed by atoms with van der Waals surface area (Å²) in [5, 5.41) is 3.15. The predicted molar refractivity (Wildman–Crippen MR) is 74.4 cm³/mol. The van der Waals surface area contributed by atoms with Crippen LogP contribution < -0.4 is 5.32 Å². The van der Waals surface area contributed by atoms with Crippen molar-refractivity contribution in [2.45, 2.75) is 13.5 Å². The third kappa shape index (κ3) is 5.97. The minimum absolute atomic E-state index is 0.177. The minimum atomic E-state index is -2.90. The van der Waals surface area contributed by atoms with Gasteiger partial charge in [-0.05, 0) is 26.1 Å². The van der Waals surface area contributed by atoms with Crippen LogP contribution in [0, 0.1) is 0 Å². The molecule has 0 amide bonds. The molecule has 1 aromatic rings. The number of sulfone groups is 1. The van der Waals surface area contributed by atoms with Crippen LogP contribution in [0.4, 0.5) is 5.82 Å². The zero-order chi connectivity index (χ0) is 13.6. The average molecular weight is 271 g/mol. The van der Waals surface area contributed by atoms with E-state index in [1.165, 1.54) is 6.26 Å². The van der Waals surface area contributed by atoms with Gasteiger partial charge in [0.1, 0.15) is 15.7 Å². The van der Waals surface area contributed by atoms with Gasteiger partial charge in [0.05, 0.1) is 11.4 Å². The Labute approximate surface area is 109 Å². The van der Waals surface area contributed by atoms with Crippen molar-refractivity contribution < 1.29 is 8.42 Å². The Morgan fingerprint density at radius 2 is 2.11 bits per heavy atom. The van der Waals surface area contributed by atoms with E-state index in [2.05, 4.69) is 10.3 Å². The van der Waals surface area contributed by atoms with Gasteiger partial charge in [-0.2, -0.15) is 0 Å². The maximum Gasteiger partial charge on any atom is 0.148 e. The highest BCUT2D eigenvalue weighted by atomic mass is 32.2. The summed E-state index contributed by atoms with van der Waals surface area (Å²) >= 11 is 0. The fourth-order valence-electron chi connectivity index (χ4n) is 1.52. The molecule has 0 bridgehead atoms. The van der Waals surface area contributed by atoms with Crippen LogP contribution in [0.25, 0.3) is 0 Å². The van der Waals surface area contributed by atoms with E-state index in [0.717, 1.165) is 18.1 Å². The summed E-state index contributed by atoms with van der Waals surface area (Å²) in [6, 6.07) is 5.81. The highest BCUT2D eigenvalue weighted by Crippen LogP contribution is 2.06. The summed E-state index contributed by atoms with van der Waals surface area (Å²) in [5.74, 6) is 1.03. The Kier molecular flexibility index (Phi) is 5.55. The highest BCUT2D eigenvalue weighted by Gasteiger charge is 2.07. The van der Waals surface area contributed by atoms with E-state index in [1.54, 1.807) is 0 Å². The molecule has 0 aliphatic carbocycles. The number of pyridine rings is 1. The number of nitrogens with zero attached hydrogens (tertiary/aromatic N) is 2. The second kappa shape index (κ2) is 6.70. The molecular formula is C12H21N3O2S. The van der Waals surface area contributed by atoms with Gasteiger partial charge in [-0.15, -0.1) is 0 Å². The van der Waals surface area contributed by atoms with Crippen molar-refractivity contribution in [3.8, 4) is 0 Å². The number of hydrogen-bond acceptors (Lipinski definition) is 5. The largest absolute Gasteiger partial charge is 0.370 e. The summed E-state index contributed by atoms with van der Waals surface area (Å²) in [4.78, 5) is 6.40. The molecule has 1 heterocycles. The average Bonchev–Trinajstić information content (AvgIpc) is 2.26. The minimum Gasteiger partial charge on any atom is -0.370 e. The van der Waals surface area contributed by atoms with Crippen molar-refractivity contribution in [3.63, 3.8) is 0 Å². The molecule has 0 aliphatic rings. The quantitative estimate of drug-likeness (QED) is 0.801. The summed E-state index contributed by atoms with van der Waals surface area (Å²) in [6.07, 6.45) is 1.25.